The van der Waals surface area contributed by atoms with Gasteiger partial charge in [-0.1, -0.05) is 58.1 Å². The summed E-state index contributed by atoms with van der Waals surface area (Å²) in [6, 6.07) is 8.84. The zero-order valence-electron chi connectivity index (χ0n) is 15.6. The Morgan fingerprint density at radius 1 is 0.957 bits per heavy atom. The summed E-state index contributed by atoms with van der Waals surface area (Å²) in [5.74, 6) is 1.77. The molecule has 1 aliphatic carbocycles. The molecule has 1 saturated carbocycles. The molecule has 0 N–H and O–H groups in total. The van der Waals surface area contributed by atoms with Crippen molar-refractivity contribution in [1.29, 1.82) is 0 Å². The number of rotatable bonds is 9. The summed E-state index contributed by atoms with van der Waals surface area (Å²) in [7, 11) is 0. The second kappa shape index (κ2) is 9.35. The van der Waals surface area contributed by atoms with Gasteiger partial charge >= 0.3 is 0 Å². The summed E-state index contributed by atoms with van der Waals surface area (Å²) in [4.78, 5) is 0. The van der Waals surface area contributed by atoms with Crippen molar-refractivity contribution < 1.29 is 4.74 Å². The Morgan fingerprint density at radius 3 is 2.22 bits per heavy atom. The molecule has 0 aromatic heterocycles. The van der Waals surface area contributed by atoms with Crippen molar-refractivity contribution >= 4 is 0 Å². The SMILES string of the molecule is CCCCCCCC1(C)CCC(c2ccc(OCC)cc2)CC1. The van der Waals surface area contributed by atoms with E-state index in [4.69, 9.17) is 4.74 Å². The van der Waals surface area contributed by atoms with Gasteiger partial charge in [0.1, 0.15) is 5.75 Å². The second-order valence-electron chi connectivity index (χ2n) is 7.75. The average Bonchev–Trinajstić information content (AvgIpc) is 2.57. The first kappa shape index (κ1) is 18.4. The molecule has 130 valence electrons. The molecule has 1 heteroatoms. The highest BCUT2D eigenvalue weighted by Crippen LogP contribution is 2.45. The van der Waals surface area contributed by atoms with E-state index in [2.05, 4.69) is 38.1 Å². The maximum Gasteiger partial charge on any atom is 0.119 e. The Kier molecular flexibility index (Phi) is 7.46. The van der Waals surface area contributed by atoms with Gasteiger partial charge in [-0.25, -0.2) is 0 Å². The van der Waals surface area contributed by atoms with Gasteiger partial charge in [-0.2, -0.15) is 0 Å². The number of hydrogen-bond acceptors (Lipinski definition) is 1. The number of ether oxygens (including phenoxy) is 1. The van der Waals surface area contributed by atoms with Gasteiger partial charge in [0.25, 0.3) is 0 Å². The molecule has 1 nitrogen and oxygen atoms in total. The smallest absolute Gasteiger partial charge is 0.119 e. The zero-order chi connectivity index (χ0) is 16.5. The normalized spacial score (nSPS) is 24.6. The topological polar surface area (TPSA) is 9.23 Å². The molecule has 2 rings (SSSR count). The van der Waals surface area contributed by atoms with Crippen molar-refractivity contribution in [2.24, 2.45) is 5.41 Å². The van der Waals surface area contributed by atoms with Crippen LogP contribution in [0, 0.1) is 5.41 Å². The molecular weight excluding hydrogens is 280 g/mol. The van der Waals surface area contributed by atoms with Gasteiger partial charge in [-0.05, 0) is 68.1 Å². The van der Waals surface area contributed by atoms with E-state index in [0.717, 1.165) is 18.3 Å². The minimum absolute atomic E-state index is 0.605. The van der Waals surface area contributed by atoms with Crippen LogP contribution in [0.15, 0.2) is 24.3 Å². The van der Waals surface area contributed by atoms with Crippen molar-refractivity contribution in [2.45, 2.75) is 90.9 Å². The Morgan fingerprint density at radius 2 is 1.61 bits per heavy atom. The summed E-state index contributed by atoms with van der Waals surface area (Å²) in [6.45, 7) is 7.61. The summed E-state index contributed by atoms with van der Waals surface area (Å²) in [5.41, 5.74) is 2.12. The van der Waals surface area contributed by atoms with Crippen molar-refractivity contribution in [3.05, 3.63) is 29.8 Å². The van der Waals surface area contributed by atoms with Crippen LogP contribution < -0.4 is 4.74 Å². The Bertz CT molecular complexity index is 426. The third-order valence-corrected chi connectivity index (χ3v) is 5.74. The van der Waals surface area contributed by atoms with E-state index in [1.165, 1.54) is 69.8 Å². The molecular formula is C22H36O. The van der Waals surface area contributed by atoms with Crippen molar-refractivity contribution in [1.82, 2.24) is 0 Å². The summed E-state index contributed by atoms with van der Waals surface area (Å²) in [5, 5.41) is 0. The Labute approximate surface area is 143 Å². The van der Waals surface area contributed by atoms with Gasteiger partial charge < -0.3 is 4.74 Å². The minimum Gasteiger partial charge on any atom is -0.494 e. The minimum atomic E-state index is 0.605. The molecule has 0 unspecified atom stereocenters. The molecule has 0 bridgehead atoms. The first-order valence-corrected chi connectivity index (χ1v) is 9.89. The molecule has 0 heterocycles. The van der Waals surface area contributed by atoms with Crippen LogP contribution >= 0.6 is 0 Å². The van der Waals surface area contributed by atoms with E-state index < -0.39 is 0 Å². The fourth-order valence-corrected chi connectivity index (χ4v) is 4.06. The maximum absolute atomic E-state index is 5.55. The van der Waals surface area contributed by atoms with Crippen LogP contribution in [0.25, 0.3) is 0 Å². The third-order valence-electron chi connectivity index (χ3n) is 5.74. The van der Waals surface area contributed by atoms with Crippen LogP contribution in [0.5, 0.6) is 5.75 Å². The molecule has 0 saturated heterocycles. The molecule has 0 atom stereocenters. The highest BCUT2D eigenvalue weighted by atomic mass is 16.5. The van der Waals surface area contributed by atoms with Crippen LogP contribution in [-0.2, 0) is 0 Å². The van der Waals surface area contributed by atoms with E-state index in [1.807, 2.05) is 6.92 Å². The van der Waals surface area contributed by atoms with Crippen LogP contribution in [-0.4, -0.2) is 6.61 Å². The van der Waals surface area contributed by atoms with Gasteiger partial charge in [0.15, 0.2) is 0 Å². The summed E-state index contributed by atoms with van der Waals surface area (Å²) < 4.78 is 5.55. The van der Waals surface area contributed by atoms with Crippen LogP contribution in [0.4, 0.5) is 0 Å². The Balaban J connectivity index is 1.76. The molecule has 0 amide bonds. The molecule has 1 fully saturated rings. The van der Waals surface area contributed by atoms with E-state index >= 15 is 0 Å². The molecule has 1 aliphatic rings. The predicted octanol–water partition coefficient (Wildman–Crippen LogP) is 7.11. The van der Waals surface area contributed by atoms with Gasteiger partial charge in [-0.3, -0.25) is 0 Å². The lowest BCUT2D eigenvalue weighted by molar-refractivity contribution is 0.177. The predicted molar refractivity (Wildman–Crippen MR) is 100 cm³/mol. The molecule has 1 aromatic carbocycles. The fraction of sp³-hybridized carbons (Fsp3) is 0.727. The lowest BCUT2D eigenvalue weighted by Crippen LogP contribution is -2.23. The zero-order valence-corrected chi connectivity index (χ0v) is 15.6. The Hall–Kier alpha value is -0.980. The van der Waals surface area contributed by atoms with Crippen molar-refractivity contribution in [2.75, 3.05) is 6.61 Å². The quantitative estimate of drug-likeness (QED) is 0.441. The summed E-state index contributed by atoms with van der Waals surface area (Å²) >= 11 is 0. The fourth-order valence-electron chi connectivity index (χ4n) is 4.06. The number of unbranched alkanes of at least 4 members (excludes halogenated alkanes) is 4. The van der Waals surface area contributed by atoms with Gasteiger partial charge in [-0.15, -0.1) is 0 Å². The van der Waals surface area contributed by atoms with Gasteiger partial charge in [0.05, 0.1) is 6.61 Å². The first-order valence-electron chi connectivity index (χ1n) is 9.89. The van der Waals surface area contributed by atoms with Gasteiger partial charge in [0.2, 0.25) is 0 Å². The lowest BCUT2D eigenvalue weighted by Gasteiger charge is -2.38. The largest absolute Gasteiger partial charge is 0.494 e. The highest BCUT2D eigenvalue weighted by Gasteiger charge is 2.31. The highest BCUT2D eigenvalue weighted by molar-refractivity contribution is 5.29. The molecule has 1 aromatic rings. The molecule has 0 radical (unpaired) electrons. The second-order valence-corrected chi connectivity index (χ2v) is 7.75. The molecule has 23 heavy (non-hydrogen) atoms. The average molecular weight is 317 g/mol. The molecule has 0 aliphatic heterocycles. The van der Waals surface area contributed by atoms with Crippen molar-refractivity contribution in [3.8, 4) is 5.75 Å². The summed E-state index contributed by atoms with van der Waals surface area (Å²) in [6.07, 6.45) is 14.0. The van der Waals surface area contributed by atoms with Crippen LogP contribution in [0.3, 0.4) is 0 Å². The standard InChI is InChI=1S/C22H36O/c1-4-6-7-8-9-16-22(3)17-14-20(15-18-22)19-10-12-21(13-11-19)23-5-2/h10-13,20H,4-9,14-18H2,1-3H3. The monoisotopic (exact) mass is 316 g/mol. The third kappa shape index (κ3) is 5.86. The maximum atomic E-state index is 5.55. The number of benzene rings is 1. The van der Waals surface area contributed by atoms with Gasteiger partial charge in [0, 0.05) is 0 Å². The van der Waals surface area contributed by atoms with Crippen LogP contribution in [0.2, 0.25) is 0 Å². The molecule has 0 spiro atoms. The number of hydrogen-bond donors (Lipinski definition) is 0. The van der Waals surface area contributed by atoms with E-state index in [9.17, 15) is 0 Å². The van der Waals surface area contributed by atoms with E-state index in [1.54, 1.807) is 0 Å². The lowest BCUT2D eigenvalue weighted by atomic mass is 9.68. The first-order chi connectivity index (χ1) is 11.2. The van der Waals surface area contributed by atoms with E-state index in [0.29, 0.717) is 5.41 Å². The van der Waals surface area contributed by atoms with Crippen molar-refractivity contribution in [3.63, 3.8) is 0 Å². The van der Waals surface area contributed by atoms with Crippen LogP contribution in [0.1, 0.15) is 96.5 Å². The van der Waals surface area contributed by atoms with E-state index in [-0.39, 0.29) is 0 Å².